The first kappa shape index (κ1) is 22.1. The van der Waals surface area contributed by atoms with Crippen molar-refractivity contribution < 1.29 is 9.84 Å². The second kappa shape index (κ2) is 10.9. The number of pyridine rings is 1. The number of hydrogen-bond donors (Lipinski definition) is 2. The molecule has 152 valence electrons. The van der Waals surface area contributed by atoms with Crippen molar-refractivity contribution in [3.63, 3.8) is 0 Å². The van der Waals surface area contributed by atoms with Crippen LogP contribution in [0.2, 0.25) is 0 Å². The molecular weight excluding hydrogens is 469 g/mol. The molecule has 1 saturated heterocycles. The number of phenols is 1. The van der Waals surface area contributed by atoms with Crippen LogP contribution in [-0.2, 0) is 6.54 Å². The molecule has 1 fully saturated rings. The Bertz CT molecular complexity index is 764. The summed E-state index contributed by atoms with van der Waals surface area (Å²) in [4.78, 5) is 13.7. The number of aliphatic imine (C=N–C) groups is 1. The number of rotatable bonds is 5. The minimum atomic E-state index is 0. The SMILES string of the molecule is CCNC(=NCc1cccc(OC)c1O)N1CCN(c2ccccn2)CC1.I. The van der Waals surface area contributed by atoms with Crippen LogP contribution in [0.25, 0.3) is 0 Å². The van der Waals surface area contributed by atoms with E-state index in [1.165, 1.54) is 0 Å². The van der Waals surface area contributed by atoms with Crippen LogP contribution < -0.4 is 15.0 Å². The molecule has 7 nitrogen and oxygen atoms in total. The highest BCUT2D eigenvalue weighted by molar-refractivity contribution is 14.0. The second-order valence-corrected chi connectivity index (χ2v) is 6.30. The Kier molecular flexibility index (Phi) is 8.62. The minimum absolute atomic E-state index is 0. The lowest BCUT2D eigenvalue weighted by molar-refractivity contribution is 0.368. The van der Waals surface area contributed by atoms with Gasteiger partial charge in [-0.05, 0) is 25.1 Å². The summed E-state index contributed by atoms with van der Waals surface area (Å²) >= 11 is 0. The number of guanidine groups is 1. The largest absolute Gasteiger partial charge is 0.504 e. The van der Waals surface area contributed by atoms with E-state index < -0.39 is 0 Å². The monoisotopic (exact) mass is 497 g/mol. The zero-order chi connectivity index (χ0) is 19.1. The number of para-hydroxylation sites is 1. The van der Waals surface area contributed by atoms with E-state index in [4.69, 9.17) is 9.73 Å². The molecule has 28 heavy (non-hydrogen) atoms. The van der Waals surface area contributed by atoms with Gasteiger partial charge in [0, 0.05) is 44.5 Å². The molecule has 0 aliphatic carbocycles. The Labute approximate surface area is 183 Å². The fourth-order valence-corrected chi connectivity index (χ4v) is 3.13. The third-order valence-electron chi connectivity index (χ3n) is 4.59. The molecule has 2 heterocycles. The van der Waals surface area contributed by atoms with Crippen molar-refractivity contribution in [1.29, 1.82) is 0 Å². The van der Waals surface area contributed by atoms with Gasteiger partial charge in [-0.15, -0.1) is 24.0 Å². The fourth-order valence-electron chi connectivity index (χ4n) is 3.13. The molecule has 1 aliphatic heterocycles. The Balaban J connectivity index is 0.00000280. The molecular formula is C20H28IN5O2. The Morgan fingerprint density at radius 3 is 2.61 bits per heavy atom. The highest BCUT2D eigenvalue weighted by atomic mass is 127. The maximum Gasteiger partial charge on any atom is 0.194 e. The van der Waals surface area contributed by atoms with Gasteiger partial charge in [0.2, 0.25) is 0 Å². The second-order valence-electron chi connectivity index (χ2n) is 6.30. The first-order valence-electron chi connectivity index (χ1n) is 9.27. The summed E-state index contributed by atoms with van der Waals surface area (Å²) in [6.07, 6.45) is 1.83. The number of aromatic hydroxyl groups is 1. The third-order valence-corrected chi connectivity index (χ3v) is 4.59. The van der Waals surface area contributed by atoms with E-state index in [0.29, 0.717) is 12.3 Å². The molecule has 0 bridgehead atoms. The van der Waals surface area contributed by atoms with E-state index >= 15 is 0 Å². The van der Waals surface area contributed by atoms with Crippen LogP contribution in [-0.4, -0.2) is 60.8 Å². The molecule has 0 saturated carbocycles. The molecule has 0 atom stereocenters. The molecule has 1 aromatic carbocycles. The van der Waals surface area contributed by atoms with Gasteiger partial charge in [0.05, 0.1) is 13.7 Å². The minimum Gasteiger partial charge on any atom is -0.504 e. The van der Waals surface area contributed by atoms with Gasteiger partial charge in [-0.2, -0.15) is 0 Å². The number of anilines is 1. The van der Waals surface area contributed by atoms with E-state index in [1.54, 1.807) is 13.2 Å². The molecule has 0 amide bonds. The lowest BCUT2D eigenvalue weighted by Crippen LogP contribution is -2.52. The molecule has 1 aliphatic rings. The van der Waals surface area contributed by atoms with E-state index in [2.05, 4.69) is 27.0 Å². The molecule has 3 rings (SSSR count). The van der Waals surface area contributed by atoms with Crippen molar-refractivity contribution in [2.75, 3.05) is 44.7 Å². The summed E-state index contributed by atoms with van der Waals surface area (Å²) in [5, 5.41) is 13.6. The molecule has 2 N–H and O–H groups in total. The van der Waals surface area contributed by atoms with E-state index in [1.807, 2.05) is 36.5 Å². The number of nitrogens with one attached hydrogen (secondary N) is 1. The van der Waals surface area contributed by atoms with Gasteiger partial charge in [0.25, 0.3) is 0 Å². The first-order valence-corrected chi connectivity index (χ1v) is 9.27. The first-order chi connectivity index (χ1) is 13.2. The van der Waals surface area contributed by atoms with Crippen molar-refractivity contribution in [3.8, 4) is 11.5 Å². The lowest BCUT2D eigenvalue weighted by Gasteiger charge is -2.37. The van der Waals surface area contributed by atoms with Crippen molar-refractivity contribution in [2.24, 2.45) is 4.99 Å². The zero-order valence-electron chi connectivity index (χ0n) is 16.3. The van der Waals surface area contributed by atoms with Gasteiger partial charge < -0.3 is 25.0 Å². The van der Waals surface area contributed by atoms with Crippen LogP contribution in [0.1, 0.15) is 12.5 Å². The van der Waals surface area contributed by atoms with Crippen LogP contribution in [0.3, 0.4) is 0 Å². The summed E-state index contributed by atoms with van der Waals surface area (Å²) in [7, 11) is 1.55. The maximum absolute atomic E-state index is 10.3. The number of benzene rings is 1. The highest BCUT2D eigenvalue weighted by Crippen LogP contribution is 2.29. The number of piperazine rings is 1. The molecule has 0 spiro atoms. The van der Waals surface area contributed by atoms with Crippen molar-refractivity contribution in [2.45, 2.75) is 13.5 Å². The summed E-state index contributed by atoms with van der Waals surface area (Å²) in [6, 6.07) is 11.5. The van der Waals surface area contributed by atoms with E-state index in [0.717, 1.165) is 50.1 Å². The number of methoxy groups -OCH3 is 1. The zero-order valence-corrected chi connectivity index (χ0v) is 18.7. The van der Waals surface area contributed by atoms with E-state index in [9.17, 15) is 5.11 Å². The summed E-state index contributed by atoms with van der Waals surface area (Å²) < 4.78 is 5.17. The van der Waals surface area contributed by atoms with Crippen LogP contribution in [0.15, 0.2) is 47.6 Å². The van der Waals surface area contributed by atoms with Gasteiger partial charge in [0.1, 0.15) is 5.82 Å². The summed E-state index contributed by atoms with van der Waals surface area (Å²) in [6.45, 7) is 6.77. The topological polar surface area (TPSA) is 73.2 Å². The normalized spacial score (nSPS) is 14.4. The van der Waals surface area contributed by atoms with Crippen molar-refractivity contribution >= 4 is 35.8 Å². The number of hydrogen-bond acceptors (Lipinski definition) is 5. The molecule has 8 heteroatoms. The Morgan fingerprint density at radius 1 is 1.18 bits per heavy atom. The molecule has 0 radical (unpaired) electrons. The predicted octanol–water partition coefficient (Wildman–Crippen LogP) is 2.70. The lowest BCUT2D eigenvalue weighted by atomic mass is 10.2. The Hall–Kier alpha value is -2.23. The van der Waals surface area contributed by atoms with Crippen LogP contribution in [0.5, 0.6) is 11.5 Å². The number of nitrogens with zero attached hydrogens (tertiary/aromatic N) is 4. The van der Waals surface area contributed by atoms with Crippen LogP contribution in [0.4, 0.5) is 5.82 Å². The average Bonchev–Trinajstić information content (AvgIpc) is 2.73. The summed E-state index contributed by atoms with van der Waals surface area (Å²) in [5.74, 6) is 2.50. The quantitative estimate of drug-likeness (QED) is 0.376. The van der Waals surface area contributed by atoms with Gasteiger partial charge >= 0.3 is 0 Å². The van der Waals surface area contributed by atoms with Gasteiger partial charge in [0.15, 0.2) is 17.5 Å². The maximum atomic E-state index is 10.3. The third kappa shape index (κ3) is 5.40. The number of ether oxygens (including phenoxy) is 1. The number of halogens is 1. The molecule has 0 unspecified atom stereocenters. The van der Waals surface area contributed by atoms with Crippen molar-refractivity contribution in [3.05, 3.63) is 48.2 Å². The molecule has 2 aromatic rings. The molecule has 1 aromatic heterocycles. The smallest absolute Gasteiger partial charge is 0.194 e. The standard InChI is InChI=1S/C20H27N5O2.HI/c1-3-21-20(23-15-16-7-6-8-17(27-2)19(16)26)25-13-11-24(12-14-25)18-9-4-5-10-22-18;/h4-10,26H,3,11-15H2,1-2H3,(H,21,23);1H. The average molecular weight is 497 g/mol. The van der Waals surface area contributed by atoms with Crippen molar-refractivity contribution in [1.82, 2.24) is 15.2 Å². The fraction of sp³-hybridized carbons (Fsp3) is 0.400. The van der Waals surface area contributed by atoms with Crippen LogP contribution >= 0.6 is 24.0 Å². The van der Waals surface area contributed by atoms with Gasteiger partial charge in [-0.1, -0.05) is 18.2 Å². The van der Waals surface area contributed by atoms with Gasteiger partial charge in [-0.3, -0.25) is 0 Å². The highest BCUT2D eigenvalue weighted by Gasteiger charge is 2.20. The van der Waals surface area contributed by atoms with Crippen LogP contribution in [0, 0.1) is 0 Å². The summed E-state index contributed by atoms with van der Waals surface area (Å²) in [5.41, 5.74) is 0.747. The van der Waals surface area contributed by atoms with E-state index in [-0.39, 0.29) is 29.7 Å². The number of aromatic nitrogens is 1. The number of phenolic OH excluding ortho intramolecular Hbond substituents is 1. The van der Waals surface area contributed by atoms with Gasteiger partial charge in [-0.25, -0.2) is 9.98 Å². The predicted molar refractivity (Wildman–Crippen MR) is 123 cm³/mol. The Morgan fingerprint density at radius 2 is 1.96 bits per heavy atom.